The molecule has 0 spiro atoms. The molecule has 166 valence electrons. The van der Waals surface area contributed by atoms with Gasteiger partial charge in [0, 0.05) is 25.6 Å². The monoisotopic (exact) mass is 445 g/mol. The number of hydrogen-bond acceptors (Lipinski definition) is 6. The van der Waals surface area contributed by atoms with E-state index in [1.54, 1.807) is 22.9 Å². The molecule has 1 saturated heterocycles. The van der Waals surface area contributed by atoms with Crippen LogP contribution in [0.1, 0.15) is 37.7 Å². The van der Waals surface area contributed by atoms with Crippen LogP contribution in [-0.4, -0.2) is 46.7 Å². The van der Waals surface area contributed by atoms with Crippen LogP contribution in [0.5, 0.6) is 0 Å². The van der Waals surface area contributed by atoms with Crippen molar-refractivity contribution in [3.05, 3.63) is 41.9 Å². The number of benzene rings is 1. The Kier molecular flexibility index (Phi) is 6.10. The minimum Gasteiger partial charge on any atom is -0.465 e. The molecule has 0 bridgehead atoms. The highest BCUT2D eigenvalue weighted by Gasteiger charge is 2.32. The van der Waals surface area contributed by atoms with Crippen molar-refractivity contribution in [3.8, 4) is 0 Å². The van der Waals surface area contributed by atoms with Gasteiger partial charge < -0.3 is 9.73 Å². The molecule has 10 heteroatoms. The smallest absolute Gasteiger partial charge is 0.243 e. The summed E-state index contributed by atoms with van der Waals surface area (Å²) in [7, 11) is -3.65. The predicted molar refractivity (Wildman–Crippen MR) is 115 cm³/mol. The van der Waals surface area contributed by atoms with Gasteiger partial charge in [-0.05, 0) is 56.5 Å². The molecule has 0 saturated carbocycles. The molecular weight excluding hydrogens is 418 g/mol. The SMILES string of the molecule is CCCn1nnc2cc(S(=O)(=O)N3CCC(C(=O)NCc4ccc(C)o4)CC3)ccc21. The average molecular weight is 446 g/mol. The zero-order valence-corrected chi connectivity index (χ0v) is 18.6. The molecule has 31 heavy (non-hydrogen) atoms. The number of piperidine rings is 1. The van der Waals surface area contributed by atoms with Gasteiger partial charge in [-0.2, -0.15) is 4.31 Å². The van der Waals surface area contributed by atoms with Crippen molar-refractivity contribution in [2.24, 2.45) is 5.92 Å². The van der Waals surface area contributed by atoms with E-state index >= 15 is 0 Å². The summed E-state index contributed by atoms with van der Waals surface area (Å²) in [6.07, 6.45) is 1.89. The summed E-state index contributed by atoms with van der Waals surface area (Å²) in [6, 6.07) is 8.63. The molecule has 1 N–H and O–H groups in total. The van der Waals surface area contributed by atoms with Crippen LogP contribution in [0, 0.1) is 12.8 Å². The van der Waals surface area contributed by atoms with Gasteiger partial charge in [0.05, 0.1) is 17.0 Å². The van der Waals surface area contributed by atoms with Crippen LogP contribution in [-0.2, 0) is 27.9 Å². The summed E-state index contributed by atoms with van der Waals surface area (Å²) in [4.78, 5) is 12.7. The number of aromatic nitrogens is 3. The number of carbonyl (C=O) groups excluding carboxylic acids is 1. The number of nitrogens with zero attached hydrogens (tertiary/aromatic N) is 4. The number of sulfonamides is 1. The third kappa shape index (κ3) is 4.49. The van der Waals surface area contributed by atoms with Crippen molar-refractivity contribution in [3.63, 3.8) is 0 Å². The summed E-state index contributed by atoms with van der Waals surface area (Å²) < 4.78 is 34.9. The molecule has 3 aromatic rings. The molecule has 9 nitrogen and oxygen atoms in total. The lowest BCUT2D eigenvalue weighted by Crippen LogP contribution is -2.42. The van der Waals surface area contributed by atoms with Crippen molar-refractivity contribution < 1.29 is 17.6 Å². The van der Waals surface area contributed by atoms with Gasteiger partial charge in [-0.15, -0.1) is 5.10 Å². The highest BCUT2D eigenvalue weighted by atomic mass is 32.2. The number of carbonyl (C=O) groups is 1. The van der Waals surface area contributed by atoms with Crippen LogP contribution >= 0.6 is 0 Å². The van der Waals surface area contributed by atoms with Crippen LogP contribution in [0.15, 0.2) is 39.6 Å². The number of furan rings is 1. The summed E-state index contributed by atoms with van der Waals surface area (Å²) in [5.74, 6) is 1.23. The van der Waals surface area contributed by atoms with Crippen molar-refractivity contribution in [1.29, 1.82) is 0 Å². The molecule has 1 aliphatic heterocycles. The minimum atomic E-state index is -3.65. The van der Waals surface area contributed by atoms with Gasteiger partial charge in [0.2, 0.25) is 15.9 Å². The summed E-state index contributed by atoms with van der Waals surface area (Å²) >= 11 is 0. The minimum absolute atomic E-state index is 0.0694. The van der Waals surface area contributed by atoms with Gasteiger partial charge in [-0.1, -0.05) is 12.1 Å². The van der Waals surface area contributed by atoms with Crippen LogP contribution in [0.2, 0.25) is 0 Å². The first kappa shape index (κ1) is 21.5. The second kappa shape index (κ2) is 8.80. The molecule has 0 unspecified atom stereocenters. The van der Waals surface area contributed by atoms with E-state index in [-0.39, 0.29) is 16.7 Å². The number of fused-ring (bicyclic) bond motifs is 1. The quantitative estimate of drug-likeness (QED) is 0.598. The van der Waals surface area contributed by atoms with Gasteiger partial charge in [0.1, 0.15) is 17.0 Å². The third-order valence-electron chi connectivity index (χ3n) is 5.62. The van der Waals surface area contributed by atoms with E-state index in [0.717, 1.165) is 24.2 Å². The largest absolute Gasteiger partial charge is 0.465 e. The van der Waals surface area contributed by atoms with E-state index in [0.29, 0.717) is 43.8 Å². The van der Waals surface area contributed by atoms with E-state index in [4.69, 9.17) is 4.42 Å². The molecule has 2 aromatic heterocycles. The first-order valence-corrected chi connectivity index (χ1v) is 12.0. The number of aryl methyl sites for hydroxylation is 2. The van der Waals surface area contributed by atoms with E-state index in [1.807, 2.05) is 26.0 Å². The Labute approximate surface area is 181 Å². The summed E-state index contributed by atoms with van der Waals surface area (Å²) in [5.41, 5.74) is 1.39. The molecule has 1 fully saturated rings. The van der Waals surface area contributed by atoms with E-state index < -0.39 is 10.0 Å². The molecule has 0 atom stereocenters. The molecule has 1 aromatic carbocycles. The summed E-state index contributed by atoms with van der Waals surface area (Å²) in [5, 5.41) is 11.1. The predicted octanol–water partition coefficient (Wildman–Crippen LogP) is 2.46. The first-order chi connectivity index (χ1) is 14.9. The Morgan fingerprint density at radius 3 is 2.68 bits per heavy atom. The second-order valence-corrected chi connectivity index (χ2v) is 9.81. The van der Waals surface area contributed by atoms with E-state index in [1.165, 1.54) is 4.31 Å². The van der Waals surface area contributed by atoms with Gasteiger partial charge in [0.15, 0.2) is 0 Å². The van der Waals surface area contributed by atoms with Crippen molar-refractivity contribution >= 4 is 27.0 Å². The maximum atomic E-state index is 13.1. The lowest BCUT2D eigenvalue weighted by atomic mass is 9.97. The molecule has 0 radical (unpaired) electrons. The Balaban J connectivity index is 1.38. The van der Waals surface area contributed by atoms with Crippen LogP contribution in [0.25, 0.3) is 11.0 Å². The molecule has 0 aliphatic carbocycles. The zero-order chi connectivity index (χ0) is 22.0. The van der Waals surface area contributed by atoms with Crippen molar-refractivity contribution in [2.45, 2.75) is 51.1 Å². The van der Waals surface area contributed by atoms with Gasteiger partial charge >= 0.3 is 0 Å². The Morgan fingerprint density at radius 1 is 1.23 bits per heavy atom. The van der Waals surface area contributed by atoms with Gasteiger partial charge in [-0.25, -0.2) is 13.1 Å². The topological polar surface area (TPSA) is 110 Å². The summed E-state index contributed by atoms with van der Waals surface area (Å²) in [6.45, 7) is 5.59. The van der Waals surface area contributed by atoms with E-state index in [2.05, 4.69) is 15.6 Å². The van der Waals surface area contributed by atoms with Gasteiger partial charge in [0.25, 0.3) is 0 Å². The highest BCUT2D eigenvalue weighted by Crippen LogP contribution is 2.26. The van der Waals surface area contributed by atoms with Crippen LogP contribution in [0.3, 0.4) is 0 Å². The lowest BCUT2D eigenvalue weighted by Gasteiger charge is -2.30. The fourth-order valence-electron chi connectivity index (χ4n) is 3.90. The highest BCUT2D eigenvalue weighted by molar-refractivity contribution is 7.89. The molecular formula is C21H27N5O4S. The van der Waals surface area contributed by atoms with Crippen LogP contribution < -0.4 is 5.32 Å². The molecule has 1 aliphatic rings. The second-order valence-electron chi connectivity index (χ2n) is 7.87. The number of amides is 1. The third-order valence-corrected chi connectivity index (χ3v) is 7.51. The standard InChI is InChI=1S/C21H27N5O4S/c1-3-10-26-20-7-6-18(13-19(20)23-24-26)31(28,29)25-11-8-16(9-12-25)21(27)22-14-17-5-4-15(2)30-17/h4-7,13,16H,3,8-12,14H2,1-2H3,(H,22,27). The lowest BCUT2D eigenvalue weighted by molar-refractivity contribution is -0.126. The number of nitrogens with one attached hydrogen (secondary N) is 1. The molecule has 1 amide bonds. The maximum Gasteiger partial charge on any atom is 0.243 e. The fraction of sp³-hybridized carbons (Fsp3) is 0.476. The van der Waals surface area contributed by atoms with Crippen molar-refractivity contribution in [1.82, 2.24) is 24.6 Å². The molecule has 4 rings (SSSR count). The Hall–Kier alpha value is -2.72. The Bertz CT molecular complexity index is 1180. The normalized spacial score (nSPS) is 16.1. The number of rotatable bonds is 7. The van der Waals surface area contributed by atoms with Gasteiger partial charge in [-0.3, -0.25) is 4.79 Å². The zero-order valence-electron chi connectivity index (χ0n) is 17.7. The fourth-order valence-corrected chi connectivity index (χ4v) is 5.39. The Morgan fingerprint density at radius 2 is 2.00 bits per heavy atom. The first-order valence-electron chi connectivity index (χ1n) is 10.5. The number of hydrogen-bond donors (Lipinski definition) is 1. The van der Waals surface area contributed by atoms with E-state index in [9.17, 15) is 13.2 Å². The average Bonchev–Trinajstić information content (AvgIpc) is 3.38. The molecule has 3 heterocycles. The van der Waals surface area contributed by atoms with Crippen molar-refractivity contribution in [2.75, 3.05) is 13.1 Å². The maximum absolute atomic E-state index is 13.1. The van der Waals surface area contributed by atoms with Crippen LogP contribution in [0.4, 0.5) is 0 Å².